The minimum atomic E-state index is 0.352. The Bertz CT molecular complexity index is 642. The van der Waals surface area contributed by atoms with Gasteiger partial charge in [0, 0.05) is 6.54 Å². The molecule has 1 heterocycles. The molecule has 0 radical (unpaired) electrons. The predicted molar refractivity (Wildman–Crippen MR) is 89.9 cm³/mol. The van der Waals surface area contributed by atoms with Gasteiger partial charge < -0.3 is 5.32 Å². The summed E-state index contributed by atoms with van der Waals surface area (Å²) in [5, 5.41) is 3.71. The molecule has 0 saturated carbocycles. The summed E-state index contributed by atoms with van der Waals surface area (Å²) in [5.74, 6) is 0. The van der Waals surface area contributed by atoms with Crippen molar-refractivity contribution in [2.75, 3.05) is 6.54 Å². The molecule has 1 atom stereocenters. The molecule has 2 aromatic rings. The third-order valence-electron chi connectivity index (χ3n) is 4.65. The van der Waals surface area contributed by atoms with Crippen LogP contribution in [0.4, 0.5) is 0 Å². The lowest BCUT2D eigenvalue weighted by Crippen LogP contribution is -2.31. The van der Waals surface area contributed by atoms with E-state index in [1.807, 2.05) is 0 Å². The maximum atomic E-state index is 3.71. The van der Waals surface area contributed by atoms with E-state index >= 15 is 0 Å². The first-order valence-electron chi connectivity index (χ1n) is 8.17. The second kappa shape index (κ2) is 6.03. The molecule has 2 aromatic carbocycles. The lowest BCUT2D eigenvalue weighted by molar-refractivity contribution is 0.566. The highest BCUT2D eigenvalue weighted by molar-refractivity contribution is 5.46. The van der Waals surface area contributed by atoms with E-state index in [1.165, 1.54) is 33.4 Å². The monoisotopic (exact) mass is 279 g/mol. The van der Waals surface area contributed by atoms with E-state index in [4.69, 9.17) is 0 Å². The van der Waals surface area contributed by atoms with Crippen LogP contribution in [0.2, 0.25) is 0 Å². The van der Waals surface area contributed by atoms with Gasteiger partial charge in [0.15, 0.2) is 0 Å². The van der Waals surface area contributed by atoms with E-state index < -0.39 is 0 Å². The first kappa shape index (κ1) is 14.3. The highest BCUT2D eigenvalue weighted by Gasteiger charge is 2.22. The number of hydrogen-bond donors (Lipinski definition) is 1. The van der Waals surface area contributed by atoms with Gasteiger partial charge in [-0.15, -0.1) is 0 Å². The molecule has 0 spiro atoms. The summed E-state index contributed by atoms with van der Waals surface area (Å²) in [6.07, 6.45) is 3.41. The molecule has 0 amide bonds. The van der Waals surface area contributed by atoms with Crippen LogP contribution in [-0.4, -0.2) is 6.54 Å². The van der Waals surface area contributed by atoms with Crippen molar-refractivity contribution >= 4 is 0 Å². The van der Waals surface area contributed by atoms with Crippen LogP contribution in [-0.2, 0) is 19.3 Å². The molecule has 1 aliphatic rings. The molecule has 21 heavy (non-hydrogen) atoms. The molecular formula is C20H25N. The van der Waals surface area contributed by atoms with Crippen molar-refractivity contribution in [3.05, 3.63) is 69.8 Å². The van der Waals surface area contributed by atoms with Gasteiger partial charge in [-0.05, 0) is 54.0 Å². The van der Waals surface area contributed by atoms with Gasteiger partial charge in [-0.3, -0.25) is 0 Å². The Kier molecular flexibility index (Phi) is 4.12. The first-order valence-corrected chi connectivity index (χ1v) is 8.17. The standard InChI is InChI=1S/C20H25N/c1-4-15-12-17-9-10-21-20(19(17)13-16(15)5-2)18-8-6-7-14(3)11-18/h6-8,11-13,20-21H,4-5,9-10H2,1-3H3. The van der Waals surface area contributed by atoms with Gasteiger partial charge in [0.2, 0.25) is 0 Å². The van der Waals surface area contributed by atoms with Crippen molar-refractivity contribution in [3.8, 4) is 0 Å². The summed E-state index contributed by atoms with van der Waals surface area (Å²) in [6, 6.07) is 14.2. The summed E-state index contributed by atoms with van der Waals surface area (Å²) < 4.78 is 0. The molecule has 1 nitrogen and oxygen atoms in total. The molecule has 1 unspecified atom stereocenters. The minimum absolute atomic E-state index is 0.352. The molecule has 1 heteroatoms. The maximum Gasteiger partial charge on any atom is 0.0579 e. The fraction of sp³-hybridized carbons (Fsp3) is 0.400. The smallest absolute Gasteiger partial charge is 0.0579 e. The largest absolute Gasteiger partial charge is 0.306 e. The number of benzene rings is 2. The van der Waals surface area contributed by atoms with Crippen LogP contribution >= 0.6 is 0 Å². The van der Waals surface area contributed by atoms with Crippen molar-refractivity contribution in [2.45, 2.75) is 46.1 Å². The number of nitrogens with one attached hydrogen (secondary N) is 1. The van der Waals surface area contributed by atoms with Gasteiger partial charge in [-0.25, -0.2) is 0 Å². The zero-order valence-electron chi connectivity index (χ0n) is 13.4. The van der Waals surface area contributed by atoms with Crippen LogP contribution in [0, 0.1) is 6.92 Å². The van der Waals surface area contributed by atoms with Crippen LogP contribution < -0.4 is 5.32 Å². The first-order chi connectivity index (χ1) is 10.2. The van der Waals surface area contributed by atoms with Crippen LogP contribution in [0.1, 0.15) is 53.3 Å². The molecular weight excluding hydrogens is 254 g/mol. The van der Waals surface area contributed by atoms with Crippen LogP contribution in [0.25, 0.3) is 0 Å². The Morgan fingerprint density at radius 3 is 2.52 bits per heavy atom. The van der Waals surface area contributed by atoms with Gasteiger partial charge in [-0.1, -0.05) is 55.8 Å². The van der Waals surface area contributed by atoms with Crippen molar-refractivity contribution in [1.29, 1.82) is 0 Å². The van der Waals surface area contributed by atoms with Crippen molar-refractivity contribution < 1.29 is 0 Å². The Morgan fingerprint density at radius 2 is 1.81 bits per heavy atom. The topological polar surface area (TPSA) is 12.0 Å². The van der Waals surface area contributed by atoms with E-state index in [0.29, 0.717) is 6.04 Å². The lowest BCUT2D eigenvalue weighted by Gasteiger charge is -2.29. The van der Waals surface area contributed by atoms with Gasteiger partial charge in [0.1, 0.15) is 0 Å². The zero-order chi connectivity index (χ0) is 14.8. The molecule has 0 aromatic heterocycles. The average Bonchev–Trinajstić information content (AvgIpc) is 2.52. The fourth-order valence-corrected chi connectivity index (χ4v) is 3.51. The number of hydrogen-bond acceptors (Lipinski definition) is 1. The van der Waals surface area contributed by atoms with Crippen molar-refractivity contribution in [3.63, 3.8) is 0 Å². The SMILES string of the molecule is CCc1cc2c(cc1CC)C(c1cccc(C)c1)NCC2. The molecule has 110 valence electrons. The van der Waals surface area contributed by atoms with Gasteiger partial charge in [0.25, 0.3) is 0 Å². The Balaban J connectivity index is 2.09. The van der Waals surface area contributed by atoms with Crippen molar-refractivity contribution in [2.24, 2.45) is 0 Å². The minimum Gasteiger partial charge on any atom is -0.306 e. The number of aryl methyl sites for hydroxylation is 3. The number of fused-ring (bicyclic) bond motifs is 1. The van der Waals surface area contributed by atoms with Crippen LogP contribution in [0.5, 0.6) is 0 Å². The Labute approximate surface area is 128 Å². The molecule has 0 bridgehead atoms. The van der Waals surface area contributed by atoms with Gasteiger partial charge in [0.05, 0.1) is 6.04 Å². The van der Waals surface area contributed by atoms with E-state index in [-0.39, 0.29) is 0 Å². The summed E-state index contributed by atoms with van der Waals surface area (Å²) in [6.45, 7) is 7.77. The summed E-state index contributed by atoms with van der Waals surface area (Å²) in [7, 11) is 0. The number of rotatable bonds is 3. The van der Waals surface area contributed by atoms with Crippen molar-refractivity contribution in [1.82, 2.24) is 5.32 Å². The Morgan fingerprint density at radius 1 is 1.05 bits per heavy atom. The third kappa shape index (κ3) is 2.75. The predicted octanol–water partition coefficient (Wildman–Crippen LogP) is 4.35. The highest BCUT2D eigenvalue weighted by atomic mass is 14.9. The maximum absolute atomic E-state index is 3.71. The second-order valence-electron chi connectivity index (χ2n) is 6.08. The molecule has 0 fully saturated rings. The molecule has 3 rings (SSSR count). The summed E-state index contributed by atoms with van der Waals surface area (Å²) >= 11 is 0. The highest BCUT2D eigenvalue weighted by Crippen LogP contribution is 2.31. The molecule has 1 aliphatic heterocycles. The van der Waals surface area contributed by atoms with E-state index in [0.717, 1.165) is 25.8 Å². The normalized spacial score (nSPS) is 17.6. The molecule has 1 N–H and O–H groups in total. The fourth-order valence-electron chi connectivity index (χ4n) is 3.51. The van der Waals surface area contributed by atoms with Crippen LogP contribution in [0.15, 0.2) is 36.4 Å². The Hall–Kier alpha value is -1.60. The quantitative estimate of drug-likeness (QED) is 0.880. The van der Waals surface area contributed by atoms with E-state index in [9.17, 15) is 0 Å². The average molecular weight is 279 g/mol. The van der Waals surface area contributed by atoms with E-state index in [2.05, 4.69) is 62.5 Å². The summed E-state index contributed by atoms with van der Waals surface area (Å²) in [4.78, 5) is 0. The lowest BCUT2D eigenvalue weighted by atomic mass is 9.85. The molecule has 0 saturated heterocycles. The third-order valence-corrected chi connectivity index (χ3v) is 4.65. The van der Waals surface area contributed by atoms with Gasteiger partial charge >= 0.3 is 0 Å². The van der Waals surface area contributed by atoms with Gasteiger partial charge in [-0.2, -0.15) is 0 Å². The second-order valence-corrected chi connectivity index (χ2v) is 6.08. The molecule has 0 aliphatic carbocycles. The summed E-state index contributed by atoms with van der Waals surface area (Å²) in [5.41, 5.74) is 8.79. The van der Waals surface area contributed by atoms with Crippen LogP contribution in [0.3, 0.4) is 0 Å². The van der Waals surface area contributed by atoms with E-state index in [1.54, 1.807) is 0 Å². The zero-order valence-corrected chi connectivity index (χ0v) is 13.4.